The number of alkyl halides is 3. The quantitative estimate of drug-likeness (QED) is 0.0837. The van der Waals surface area contributed by atoms with Gasteiger partial charge in [-0.25, -0.2) is 24.7 Å². The monoisotopic (exact) mass is 819 g/mol. The van der Waals surface area contributed by atoms with E-state index in [0.29, 0.717) is 41.6 Å². The number of nitrogens with two attached hydrogens (primary N) is 1. The first-order valence-corrected chi connectivity index (χ1v) is 18.8. The van der Waals surface area contributed by atoms with Crippen LogP contribution in [0.1, 0.15) is 16.7 Å². The molecule has 2 amide bonds. The number of urea groups is 1. The van der Waals surface area contributed by atoms with Crippen LogP contribution in [0.3, 0.4) is 0 Å². The Morgan fingerprint density at radius 1 is 0.607 bits per heavy atom. The number of benzene rings is 3. The first kappa shape index (κ1) is 39.5. The second kappa shape index (κ2) is 17.7. The second-order valence-corrected chi connectivity index (χ2v) is 13.5. The summed E-state index contributed by atoms with van der Waals surface area (Å²) in [6.07, 6.45) is 13.4. The molecule has 0 saturated carbocycles. The van der Waals surface area contributed by atoms with Gasteiger partial charge in [-0.15, -0.1) is 0 Å². The molecule has 0 unspecified atom stereocenters. The fraction of sp³-hybridized carbons (Fsp3) is 0.0682. The van der Waals surface area contributed by atoms with Crippen molar-refractivity contribution in [3.63, 3.8) is 0 Å². The predicted octanol–water partition coefficient (Wildman–Crippen LogP) is 9.05. The molecular weight excluding hydrogens is 784 g/mol. The number of nitrogen functional groups attached to an aromatic ring is 1. The van der Waals surface area contributed by atoms with Crippen molar-refractivity contribution in [2.75, 3.05) is 27.0 Å². The van der Waals surface area contributed by atoms with E-state index in [1.54, 1.807) is 55.4 Å². The number of fused-ring (bicyclic) bond motifs is 2. The van der Waals surface area contributed by atoms with Crippen LogP contribution in [-0.2, 0) is 19.3 Å². The highest BCUT2D eigenvalue weighted by atomic mass is 19.4. The van der Waals surface area contributed by atoms with Crippen LogP contribution in [-0.4, -0.2) is 44.7 Å². The van der Waals surface area contributed by atoms with Crippen molar-refractivity contribution in [2.24, 2.45) is 0 Å². The number of hydrogen-bond acceptors (Lipinski definition) is 10. The van der Waals surface area contributed by atoms with Crippen LogP contribution in [0.5, 0.6) is 0 Å². The highest BCUT2D eigenvalue weighted by Gasteiger charge is 2.30. The molecule has 6 aromatic heterocycles. The van der Waals surface area contributed by atoms with Crippen LogP contribution >= 0.6 is 0 Å². The average molecular weight is 820 g/mol. The van der Waals surface area contributed by atoms with Crippen LogP contribution in [0, 0.1) is 0 Å². The van der Waals surface area contributed by atoms with E-state index < -0.39 is 17.8 Å². The zero-order valence-electron chi connectivity index (χ0n) is 32.1. The number of imidazole rings is 2. The summed E-state index contributed by atoms with van der Waals surface area (Å²) >= 11 is 0. The molecule has 61 heavy (non-hydrogen) atoms. The van der Waals surface area contributed by atoms with E-state index >= 15 is 0 Å². The molecule has 9 aromatic rings. The van der Waals surface area contributed by atoms with Gasteiger partial charge in [0.2, 0.25) is 0 Å². The maximum atomic E-state index is 13.0. The van der Waals surface area contributed by atoms with Gasteiger partial charge in [0.1, 0.15) is 0 Å². The first-order valence-electron chi connectivity index (χ1n) is 18.8. The van der Waals surface area contributed by atoms with Gasteiger partial charge in [0.25, 0.3) is 0 Å². The largest absolute Gasteiger partial charge is 0.416 e. The summed E-state index contributed by atoms with van der Waals surface area (Å²) in [7, 11) is 0. The Hall–Kier alpha value is -8.34. The number of carbonyl (C=O) groups excluding carboxylic acids is 1. The molecule has 0 aliphatic carbocycles. The van der Waals surface area contributed by atoms with Gasteiger partial charge in [0, 0.05) is 103 Å². The van der Waals surface area contributed by atoms with E-state index in [-0.39, 0.29) is 5.69 Å². The zero-order chi connectivity index (χ0) is 42.2. The molecule has 14 nitrogen and oxygen atoms in total. The lowest BCUT2D eigenvalue weighted by atomic mass is 10.1. The molecule has 0 bridgehead atoms. The minimum atomic E-state index is -4.50. The molecule has 3 aromatic carbocycles. The van der Waals surface area contributed by atoms with Gasteiger partial charge in [0.05, 0.1) is 17.0 Å². The Morgan fingerprint density at radius 2 is 1.10 bits per heavy atom. The summed E-state index contributed by atoms with van der Waals surface area (Å²) in [5.74, 6) is 1.32. The minimum Gasteiger partial charge on any atom is -0.399 e. The summed E-state index contributed by atoms with van der Waals surface area (Å²) in [6, 6.07) is 26.2. The van der Waals surface area contributed by atoms with E-state index in [2.05, 4.69) is 41.2 Å². The van der Waals surface area contributed by atoms with E-state index in [4.69, 9.17) is 15.7 Å². The van der Waals surface area contributed by atoms with Crippen LogP contribution in [0.2, 0.25) is 0 Å². The molecule has 0 saturated heterocycles. The van der Waals surface area contributed by atoms with Crippen LogP contribution in [0.25, 0.3) is 33.8 Å². The van der Waals surface area contributed by atoms with Gasteiger partial charge in [0.15, 0.2) is 22.9 Å². The van der Waals surface area contributed by atoms with Crippen LogP contribution < -0.4 is 27.0 Å². The van der Waals surface area contributed by atoms with Gasteiger partial charge in [-0.05, 0) is 77.9 Å². The highest BCUT2D eigenvalue weighted by Crippen LogP contribution is 2.31. The van der Waals surface area contributed by atoms with E-state index in [1.807, 2.05) is 88.2 Å². The summed E-state index contributed by atoms with van der Waals surface area (Å²) in [6.45, 7) is 1.18. The van der Waals surface area contributed by atoms with Crippen LogP contribution in [0.15, 0.2) is 159 Å². The van der Waals surface area contributed by atoms with Crippen molar-refractivity contribution in [2.45, 2.75) is 19.3 Å². The topological polar surface area (TPSA) is 177 Å². The van der Waals surface area contributed by atoms with Gasteiger partial charge in [-0.3, -0.25) is 9.97 Å². The van der Waals surface area contributed by atoms with Gasteiger partial charge in [-0.1, -0.05) is 30.3 Å². The van der Waals surface area contributed by atoms with Gasteiger partial charge >= 0.3 is 12.2 Å². The average Bonchev–Trinajstić information content (AvgIpc) is 3.96. The Labute approximate surface area is 346 Å². The Morgan fingerprint density at radius 3 is 1.62 bits per heavy atom. The number of carbonyl (C=O) groups is 1. The molecular formula is C44H36F3N13O. The smallest absolute Gasteiger partial charge is 0.399 e. The van der Waals surface area contributed by atoms with Crippen LogP contribution in [0.4, 0.5) is 46.7 Å². The maximum absolute atomic E-state index is 13.0. The lowest BCUT2D eigenvalue weighted by Crippen LogP contribution is -2.19. The fourth-order valence-corrected chi connectivity index (χ4v) is 6.27. The normalized spacial score (nSPS) is 11.1. The molecule has 0 radical (unpaired) electrons. The standard InChI is InChI=1S/C26H20F3N7O.C18H16N6/c27-26(28,29)19-4-2-6-21(14-19)34-25(37)33-20-5-1-3-18(13-20)22-16-36-12-11-31-24(36)23(35-22)32-15-17-7-9-30-10-8-17;19-15-3-1-2-14(10-15)16-12-24-9-8-21-18(24)17(23-16)22-11-13-4-6-20-7-5-13/h1-14,16H,15H2,(H,32,35)(H2,33,34,37);1-10,12H,11,19H2,(H,22,23). The third-order valence-corrected chi connectivity index (χ3v) is 9.21. The second-order valence-electron chi connectivity index (χ2n) is 13.5. The molecule has 6 N–H and O–H groups in total. The summed E-state index contributed by atoms with van der Waals surface area (Å²) in [5.41, 5.74) is 13.0. The van der Waals surface area contributed by atoms with Crippen molar-refractivity contribution < 1.29 is 18.0 Å². The van der Waals surface area contributed by atoms with Crippen molar-refractivity contribution in [3.8, 4) is 22.5 Å². The number of nitrogens with zero attached hydrogens (tertiary/aromatic N) is 8. The number of rotatable bonds is 10. The summed E-state index contributed by atoms with van der Waals surface area (Å²) in [5, 5.41) is 11.8. The number of halogens is 3. The number of nitrogens with one attached hydrogen (secondary N) is 4. The summed E-state index contributed by atoms with van der Waals surface area (Å²) < 4.78 is 42.7. The molecule has 17 heteroatoms. The van der Waals surface area contributed by atoms with Crippen molar-refractivity contribution in [3.05, 3.63) is 176 Å². The molecule has 6 heterocycles. The van der Waals surface area contributed by atoms with Gasteiger partial charge in [-0.2, -0.15) is 13.2 Å². The zero-order valence-corrected chi connectivity index (χ0v) is 32.1. The molecule has 0 atom stereocenters. The van der Waals surface area contributed by atoms with E-state index in [1.165, 1.54) is 12.1 Å². The van der Waals surface area contributed by atoms with Crippen molar-refractivity contribution >= 4 is 46.0 Å². The van der Waals surface area contributed by atoms with E-state index in [0.717, 1.165) is 51.5 Å². The number of anilines is 5. The Bertz CT molecular complexity index is 2920. The fourth-order valence-electron chi connectivity index (χ4n) is 6.27. The highest BCUT2D eigenvalue weighted by molar-refractivity contribution is 6.00. The first-order chi connectivity index (χ1) is 29.6. The molecule has 0 spiro atoms. The van der Waals surface area contributed by atoms with E-state index in [9.17, 15) is 18.0 Å². The van der Waals surface area contributed by atoms with Crippen molar-refractivity contribution in [1.82, 2.24) is 38.7 Å². The Balaban J connectivity index is 0.000000184. The third kappa shape index (κ3) is 9.86. The Kier molecular flexibility index (Phi) is 11.4. The lowest BCUT2D eigenvalue weighted by molar-refractivity contribution is -0.137. The molecule has 0 aliphatic heterocycles. The van der Waals surface area contributed by atoms with Crippen molar-refractivity contribution in [1.29, 1.82) is 0 Å². The number of aromatic nitrogens is 8. The molecule has 9 rings (SSSR count). The predicted molar refractivity (Wildman–Crippen MR) is 228 cm³/mol. The molecule has 0 aliphatic rings. The minimum absolute atomic E-state index is 0.0284. The number of hydrogen-bond donors (Lipinski definition) is 5. The number of amides is 2. The molecule has 0 fully saturated rings. The number of pyridine rings is 2. The maximum Gasteiger partial charge on any atom is 0.416 e. The SMILES string of the molecule is Nc1cccc(-c2cn3ccnc3c(NCc3ccncc3)n2)c1.O=C(Nc1cccc(-c2cn3ccnc3c(NCc3ccncc3)n2)c1)Nc1cccc(C(F)(F)F)c1. The third-order valence-electron chi connectivity index (χ3n) is 9.21. The molecule has 304 valence electrons. The summed E-state index contributed by atoms with van der Waals surface area (Å²) in [4.78, 5) is 38.7. The lowest BCUT2D eigenvalue weighted by Gasteiger charge is -2.12. The van der Waals surface area contributed by atoms with Gasteiger partial charge < -0.3 is 35.8 Å².